The highest BCUT2D eigenvalue weighted by molar-refractivity contribution is 5.43. The SMILES string of the molecule is Cc1cccc(Cc2ccc(O)c(C(C)(C)C)c2)c1C. The van der Waals surface area contributed by atoms with Gasteiger partial charge in [-0.05, 0) is 59.6 Å². The molecule has 0 aliphatic rings. The van der Waals surface area contributed by atoms with E-state index in [0.717, 1.165) is 12.0 Å². The molecule has 0 fully saturated rings. The zero-order valence-corrected chi connectivity index (χ0v) is 13.1. The first-order valence-corrected chi connectivity index (χ1v) is 7.16. The average Bonchev–Trinajstić information content (AvgIpc) is 2.36. The number of rotatable bonds is 2. The van der Waals surface area contributed by atoms with Crippen molar-refractivity contribution >= 4 is 0 Å². The van der Waals surface area contributed by atoms with Crippen LogP contribution in [0.4, 0.5) is 0 Å². The Morgan fingerprint density at radius 3 is 2.35 bits per heavy atom. The Bertz CT molecular complexity index is 618. The van der Waals surface area contributed by atoms with E-state index in [0.29, 0.717) is 5.75 Å². The van der Waals surface area contributed by atoms with Gasteiger partial charge in [-0.1, -0.05) is 51.1 Å². The Labute approximate surface area is 122 Å². The van der Waals surface area contributed by atoms with E-state index in [1.807, 2.05) is 12.1 Å². The molecule has 0 radical (unpaired) electrons. The number of aryl methyl sites for hydroxylation is 1. The van der Waals surface area contributed by atoms with Crippen LogP contribution in [0.1, 0.15) is 48.6 Å². The summed E-state index contributed by atoms with van der Waals surface area (Å²) < 4.78 is 0. The third-order valence-corrected chi connectivity index (χ3v) is 3.98. The molecule has 0 bridgehead atoms. The standard InChI is InChI=1S/C19H24O/c1-13-7-6-8-16(14(13)2)11-15-9-10-18(20)17(12-15)19(3,4)5/h6-10,12,20H,11H2,1-5H3. The third kappa shape index (κ3) is 3.04. The summed E-state index contributed by atoms with van der Waals surface area (Å²) in [7, 11) is 0. The van der Waals surface area contributed by atoms with Crippen molar-refractivity contribution in [1.29, 1.82) is 0 Å². The molecular formula is C19H24O. The Morgan fingerprint density at radius 1 is 1.00 bits per heavy atom. The van der Waals surface area contributed by atoms with Gasteiger partial charge in [0.2, 0.25) is 0 Å². The van der Waals surface area contributed by atoms with Crippen LogP contribution in [0, 0.1) is 13.8 Å². The van der Waals surface area contributed by atoms with Crippen LogP contribution in [-0.4, -0.2) is 5.11 Å². The number of phenolic OH excluding ortho intramolecular Hbond substituents is 1. The van der Waals surface area contributed by atoms with Gasteiger partial charge in [0.05, 0.1) is 0 Å². The minimum atomic E-state index is -0.0399. The van der Waals surface area contributed by atoms with Crippen molar-refractivity contribution in [2.24, 2.45) is 0 Å². The van der Waals surface area contributed by atoms with Crippen LogP contribution >= 0.6 is 0 Å². The molecule has 0 saturated carbocycles. The molecule has 0 unspecified atom stereocenters. The van der Waals surface area contributed by atoms with Crippen LogP contribution in [0.15, 0.2) is 36.4 Å². The highest BCUT2D eigenvalue weighted by Crippen LogP contribution is 2.32. The summed E-state index contributed by atoms with van der Waals surface area (Å²) in [6, 6.07) is 12.4. The third-order valence-electron chi connectivity index (χ3n) is 3.98. The largest absolute Gasteiger partial charge is 0.508 e. The molecule has 106 valence electrons. The molecule has 0 aromatic heterocycles. The predicted octanol–water partition coefficient (Wildman–Crippen LogP) is 4.90. The Balaban J connectivity index is 2.38. The van der Waals surface area contributed by atoms with Crippen LogP contribution < -0.4 is 0 Å². The lowest BCUT2D eigenvalue weighted by Gasteiger charge is -2.21. The fourth-order valence-electron chi connectivity index (χ4n) is 2.52. The second kappa shape index (κ2) is 5.32. The summed E-state index contributed by atoms with van der Waals surface area (Å²) in [5.74, 6) is 0.391. The van der Waals surface area contributed by atoms with Gasteiger partial charge in [-0.15, -0.1) is 0 Å². The molecule has 2 rings (SSSR count). The minimum absolute atomic E-state index is 0.0399. The normalized spacial score (nSPS) is 11.7. The fraction of sp³-hybridized carbons (Fsp3) is 0.368. The van der Waals surface area contributed by atoms with Crippen molar-refractivity contribution < 1.29 is 5.11 Å². The summed E-state index contributed by atoms with van der Waals surface area (Å²) in [6.45, 7) is 10.7. The van der Waals surface area contributed by atoms with Gasteiger partial charge in [0.1, 0.15) is 5.75 Å². The molecule has 2 aromatic rings. The maximum atomic E-state index is 10.0. The van der Waals surface area contributed by atoms with Crippen LogP contribution in [-0.2, 0) is 11.8 Å². The van der Waals surface area contributed by atoms with E-state index in [-0.39, 0.29) is 5.41 Å². The highest BCUT2D eigenvalue weighted by Gasteiger charge is 2.18. The van der Waals surface area contributed by atoms with Gasteiger partial charge in [-0.2, -0.15) is 0 Å². The molecule has 0 atom stereocenters. The molecule has 0 aliphatic carbocycles. The van der Waals surface area contributed by atoms with Gasteiger partial charge in [-0.25, -0.2) is 0 Å². The highest BCUT2D eigenvalue weighted by atomic mass is 16.3. The lowest BCUT2D eigenvalue weighted by Crippen LogP contribution is -2.11. The van der Waals surface area contributed by atoms with Gasteiger partial charge < -0.3 is 5.11 Å². The van der Waals surface area contributed by atoms with E-state index >= 15 is 0 Å². The Kier molecular flexibility index (Phi) is 3.89. The van der Waals surface area contributed by atoms with E-state index in [1.165, 1.54) is 22.3 Å². The molecule has 2 aromatic carbocycles. The molecule has 1 heteroatoms. The minimum Gasteiger partial charge on any atom is -0.508 e. The summed E-state index contributed by atoms with van der Waals surface area (Å²) in [6.07, 6.45) is 0.914. The zero-order valence-electron chi connectivity index (χ0n) is 13.1. The monoisotopic (exact) mass is 268 g/mol. The molecule has 1 nitrogen and oxygen atoms in total. The molecule has 1 N–H and O–H groups in total. The predicted molar refractivity (Wildman–Crippen MR) is 85.5 cm³/mol. The smallest absolute Gasteiger partial charge is 0.119 e. The maximum absolute atomic E-state index is 10.0. The first-order valence-electron chi connectivity index (χ1n) is 7.16. The maximum Gasteiger partial charge on any atom is 0.119 e. The summed E-state index contributed by atoms with van der Waals surface area (Å²) in [5.41, 5.74) is 6.27. The second-order valence-corrected chi connectivity index (χ2v) is 6.64. The zero-order chi connectivity index (χ0) is 14.9. The summed E-state index contributed by atoms with van der Waals surface area (Å²) in [4.78, 5) is 0. The molecule has 0 amide bonds. The van der Waals surface area contributed by atoms with Gasteiger partial charge in [0.25, 0.3) is 0 Å². The average molecular weight is 268 g/mol. The lowest BCUT2D eigenvalue weighted by molar-refractivity contribution is 0.446. The second-order valence-electron chi connectivity index (χ2n) is 6.64. The van der Waals surface area contributed by atoms with Crippen molar-refractivity contribution in [3.05, 3.63) is 64.2 Å². The van der Waals surface area contributed by atoms with Crippen molar-refractivity contribution in [2.45, 2.75) is 46.5 Å². The van der Waals surface area contributed by atoms with E-state index < -0.39 is 0 Å². The molecule has 20 heavy (non-hydrogen) atoms. The molecule has 0 saturated heterocycles. The van der Waals surface area contributed by atoms with Crippen LogP contribution in [0.25, 0.3) is 0 Å². The van der Waals surface area contributed by atoms with Gasteiger partial charge in [0.15, 0.2) is 0 Å². The Morgan fingerprint density at radius 2 is 1.70 bits per heavy atom. The van der Waals surface area contributed by atoms with E-state index in [1.54, 1.807) is 0 Å². The van der Waals surface area contributed by atoms with Crippen molar-refractivity contribution in [3.63, 3.8) is 0 Å². The lowest BCUT2D eigenvalue weighted by atomic mass is 9.84. The number of hydrogen-bond donors (Lipinski definition) is 1. The summed E-state index contributed by atoms with van der Waals surface area (Å²) in [5, 5.41) is 10.0. The van der Waals surface area contributed by atoms with E-state index in [9.17, 15) is 5.11 Å². The number of hydrogen-bond acceptors (Lipinski definition) is 1. The van der Waals surface area contributed by atoms with Crippen LogP contribution in [0.5, 0.6) is 5.75 Å². The van der Waals surface area contributed by atoms with E-state index in [2.05, 4.69) is 58.9 Å². The Hall–Kier alpha value is -1.76. The first kappa shape index (κ1) is 14.6. The van der Waals surface area contributed by atoms with Gasteiger partial charge in [-0.3, -0.25) is 0 Å². The quantitative estimate of drug-likeness (QED) is 0.821. The number of aromatic hydroxyl groups is 1. The molecule has 0 heterocycles. The van der Waals surface area contributed by atoms with Crippen molar-refractivity contribution in [2.75, 3.05) is 0 Å². The van der Waals surface area contributed by atoms with Gasteiger partial charge >= 0.3 is 0 Å². The van der Waals surface area contributed by atoms with Crippen molar-refractivity contribution in [3.8, 4) is 5.75 Å². The fourth-order valence-corrected chi connectivity index (χ4v) is 2.52. The number of benzene rings is 2. The summed E-state index contributed by atoms with van der Waals surface area (Å²) >= 11 is 0. The van der Waals surface area contributed by atoms with Crippen LogP contribution in [0.2, 0.25) is 0 Å². The number of phenols is 1. The van der Waals surface area contributed by atoms with Crippen LogP contribution in [0.3, 0.4) is 0 Å². The van der Waals surface area contributed by atoms with E-state index in [4.69, 9.17) is 0 Å². The van der Waals surface area contributed by atoms with Gasteiger partial charge in [0, 0.05) is 0 Å². The molecular weight excluding hydrogens is 244 g/mol. The van der Waals surface area contributed by atoms with Crippen molar-refractivity contribution in [1.82, 2.24) is 0 Å². The topological polar surface area (TPSA) is 20.2 Å². The molecule has 0 spiro atoms. The first-order chi connectivity index (χ1) is 9.29. The molecule has 0 aliphatic heterocycles.